The van der Waals surface area contributed by atoms with Gasteiger partial charge in [-0.15, -0.1) is 12.4 Å². The van der Waals surface area contributed by atoms with Gasteiger partial charge in [0.25, 0.3) is 0 Å². The summed E-state index contributed by atoms with van der Waals surface area (Å²) in [5.41, 5.74) is 6.97. The maximum absolute atomic E-state index is 11.5. The molecule has 0 bridgehead atoms. The van der Waals surface area contributed by atoms with Gasteiger partial charge in [0.15, 0.2) is 0 Å². The van der Waals surface area contributed by atoms with Crippen molar-refractivity contribution in [3.63, 3.8) is 0 Å². The van der Waals surface area contributed by atoms with Gasteiger partial charge < -0.3 is 20.5 Å². The highest BCUT2D eigenvalue weighted by Gasteiger charge is 2.15. The number of ether oxygens (including phenoxy) is 2. The maximum Gasteiger partial charge on any atom is 0.407 e. The fourth-order valence-electron chi connectivity index (χ4n) is 1.56. The molecule has 0 atom stereocenters. The van der Waals surface area contributed by atoms with Crippen molar-refractivity contribution in [3.8, 4) is 5.75 Å². The normalized spacial score (nSPS) is 10.4. The molecule has 1 aromatic carbocycles. The van der Waals surface area contributed by atoms with Gasteiger partial charge in [0.05, 0.1) is 7.11 Å². The van der Waals surface area contributed by atoms with Crippen LogP contribution < -0.4 is 15.8 Å². The molecule has 1 amide bonds. The minimum Gasteiger partial charge on any atom is -0.496 e. The van der Waals surface area contributed by atoms with Crippen molar-refractivity contribution in [3.05, 3.63) is 29.3 Å². The molecule has 1 aromatic rings. The highest BCUT2D eigenvalue weighted by atomic mass is 35.5. The summed E-state index contributed by atoms with van der Waals surface area (Å²) < 4.78 is 10.4. The number of hydrogen-bond donors (Lipinski definition) is 2. The standard InChI is InChI=1S/C14H22N2O3.ClH/c1-14(2,3)19-13(17)16-9-10-5-6-11(8-15)12(7-10)18-4;/h5-7H,8-9,15H2,1-4H3,(H,16,17);1H. The van der Waals surface area contributed by atoms with Gasteiger partial charge in [0, 0.05) is 18.7 Å². The van der Waals surface area contributed by atoms with Gasteiger partial charge >= 0.3 is 6.09 Å². The maximum atomic E-state index is 11.5. The Labute approximate surface area is 126 Å². The van der Waals surface area contributed by atoms with E-state index >= 15 is 0 Å². The van der Waals surface area contributed by atoms with Crippen molar-refractivity contribution in [1.29, 1.82) is 0 Å². The molecule has 114 valence electrons. The second-order valence-corrected chi connectivity index (χ2v) is 5.21. The van der Waals surface area contributed by atoms with E-state index in [1.165, 1.54) is 0 Å². The molecule has 3 N–H and O–H groups in total. The van der Waals surface area contributed by atoms with Gasteiger partial charge in [-0.05, 0) is 32.4 Å². The lowest BCUT2D eigenvalue weighted by molar-refractivity contribution is 0.0523. The Morgan fingerprint density at radius 1 is 1.35 bits per heavy atom. The lowest BCUT2D eigenvalue weighted by atomic mass is 10.1. The number of nitrogens with one attached hydrogen (secondary N) is 1. The Morgan fingerprint density at radius 3 is 2.50 bits per heavy atom. The number of hydrogen-bond acceptors (Lipinski definition) is 4. The molecule has 6 heteroatoms. The fraction of sp³-hybridized carbons (Fsp3) is 0.500. The molecule has 0 radical (unpaired) electrons. The zero-order valence-corrected chi connectivity index (χ0v) is 13.2. The lowest BCUT2D eigenvalue weighted by Gasteiger charge is -2.19. The lowest BCUT2D eigenvalue weighted by Crippen LogP contribution is -2.32. The number of halogens is 1. The molecule has 5 nitrogen and oxygen atoms in total. The Morgan fingerprint density at radius 2 is 2.00 bits per heavy atom. The summed E-state index contributed by atoms with van der Waals surface area (Å²) in [5.74, 6) is 0.728. The molecule has 0 unspecified atom stereocenters. The zero-order chi connectivity index (χ0) is 14.5. The molecule has 0 aromatic heterocycles. The smallest absolute Gasteiger partial charge is 0.407 e. The van der Waals surface area contributed by atoms with E-state index in [2.05, 4.69) is 5.32 Å². The van der Waals surface area contributed by atoms with Crippen LogP contribution in [0.25, 0.3) is 0 Å². The second-order valence-electron chi connectivity index (χ2n) is 5.21. The van der Waals surface area contributed by atoms with E-state index in [0.29, 0.717) is 13.1 Å². The minimum absolute atomic E-state index is 0. The van der Waals surface area contributed by atoms with Crippen LogP contribution in [0.2, 0.25) is 0 Å². The summed E-state index contributed by atoms with van der Waals surface area (Å²) in [5, 5.41) is 2.70. The van der Waals surface area contributed by atoms with Gasteiger partial charge in [-0.3, -0.25) is 0 Å². The van der Waals surface area contributed by atoms with Crippen molar-refractivity contribution in [2.24, 2.45) is 5.73 Å². The molecular formula is C14H23ClN2O3. The first-order chi connectivity index (χ1) is 8.85. The van der Waals surface area contributed by atoms with Crippen molar-refractivity contribution >= 4 is 18.5 Å². The first-order valence-corrected chi connectivity index (χ1v) is 6.18. The Kier molecular flexibility index (Phi) is 7.39. The van der Waals surface area contributed by atoms with Crippen LogP contribution >= 0.6 is 12.4 Å². The third-order valence-electron chi connectivity index (χ3n) is 2.41. The molecule has 0 fully saturated rings. The van der Waals surface area contributed by atoms with E-state index in [4.69, 9.17) is 15.2 Å². The minimum atomic E-state index is -0.495. The van der Waals surface area contributed by atoms with Crippen molar-refractivity contribution in [2.45, 2.75) is 39.5 Å². The topological polar surface area (TPSA) is 73.6 Å². The highest BCUT2D eigenvalue weighted by Crippen LogP contribution is 2.19. The Bertz CT molecular complexity index is 445. The van der Waals surface area contributed by atoms with E-state index < -0.39 is 11.7 Å². The molecular weight excluding hydrogens is 280 g/mol. The SMILES string of the molecule is COc1cc(CNC(=O)OC(C)(C)C)ccc1CN.Cl. The van der Waals surface area contributed by atoms with Gasteiger partial charge in [-0.25, -0.2) is 4.79 Å². The first kappa shape index (κ1) is 18.5. The van der Waals surface area contributed by atoms with E-state index in [1.807, 2.05) is 39.0 Å². The van der Waals surface area contributed by atoms with Crippen LogP contribution in [0.5, 0.6) is 5.75 Å². The Hall–Kier alpha value is -1.46. The number of rotatable bonds is 4. The molecule has 0 heterocycles. The summed E-state index contributed by atoms with van der Waals surface area (Å²) in [6.07, 6.45) is -0.436. The molecule has 0 aliphatic rings. The van der Waals surface area contributed by atoms with Crippen molar-refractivity contribution < 1.29 is 14.3 Å². The van der Waals surface area contributed by atoms with Crippen molar-refractivity contribution in [2.75, 3.05) is 7.11 Å². The molecule has 20 heavy (non-hydrogen) atoms. The zero-order valence-electron chi connectivity index (χ0n) is 12.4. The summed E-state index contributed by atoms with van der Waals surface area (Å²) in [4.78, 5) is 11.5. The molecule has 0 saturated heterocycles. The van der Waals surface area contributed by atoms with E-state index in [9.17, 15) is 4.79 Å². The first-order valence-electron chi connectivity index (χ1n) is 6.18. The average Bonchev–Trinajstić information content (AvgIpc) is 2.33. The third kappa shape index (κ3) is 6.12. The van der Waals surface area contributed by atoms with Crippen LogP contribution in [-0.2, 0) is 17.8 Å². The van der Waals surface area contributed by atoms with Crippen LogP contribution in [0.1, 0.15) is 31.9 Å². The predicted octanol–water partition coefficient (Wildman–Crippen LogP) is 2.60. The summed E-state index contributed by atoms with van der Waals surface area (Å²) >= 11 is 0. The molecule has 0 spiro atoms. The van der Waals surface area contributed by atoms with E-state index in [-0.39, 0.29) is 12.4 Å². The molecule has 0 aliphatic heterocycles. The monoisotopic (exact) mass is 302 g/mol. The quantitative estimate of drug-likeness (QED) is 0.896. The summed E-state index contributed by atoms with van der Waals surface area (Å²) in [6, 6.07) is 5.66. The van der Waals surface area contributed by atoms with Crippen LogP contribution in [0.4, 0.5) is 4.79 Å². The van der Waals surface area contributed by atoms with E-state index in [0.717, 1.165) is 16.9 Å². The van der Waals surface area contributed by atoms with Gasteiger partial charge in [-0.1, -0.05) is 12.1 Å². The average molecular weight is 303 g/mol. The highest BCUT2D eigenvalue weighted by molar-refractivity contribution is 5.85. The van der Waals surface area contributed by atoms with Crippen LogP contribution in [0.15, 0.2) is 18.2 Å². The van der Waals surface area contributed by atoms with Gasteiger partial charge in [-0.2, -0.15) is 0 Å². The van der Waals surface area contributed by atoms with Gasteiger partial charge in [0.1, 0.15) is 11.4 Å². The number of amides is 1. The fourth-order valence-corrected chi connectivity index (χ4v) is 1.56. The Balaban J connectivity index is 0.00000361. The second kappa shape index (κ2) is 7.97. The number of methoxy groups -OCH3 is 1. The largest absolute Gasteiger partial charge is 0.496 e. The third-order valence-corrected chi connectivity index (χ3v) is 2.41. The van der Waals surface area contributed by atoms with Crippen LogP contribution in [0.3, 0.4) is 0 Å². The van der Waals surface area contributed by atoms with Gasteiger partial charge in [0.2, 0.25) is 0 Å². The number of benzene rings is 1. The van der Waals surface area contributed by atoms with Crippen LogP contribution in [0, 0.1) is 0 Å². The number of nitrogens with two attached hydrogens (primary N) is 1. The number of alkyl carbamates (subject to hydrolysis) is 1. The summed E-state index contributed by atoms with van der Waals surface area (Å²) in [7, 11) is 1.60. The number of carbonyl (C=O) groups is 1. The molecule has 0 aliphatic carbocycles. The van der Waals surface area contributed by atoms with Crippen molar-refractivity contribution in [1.82, 2.24) is 5.32 Å². The van der Waals surface area contributed by atoms with Crippen LogP contribution in [-0.4, -0.2) is 18.8 Å². The van der Waals surface area contributed by atoms with E-state index in [1.54, 1.807) is 7.11 Å². The predicted molar refractivity (Wildman–Crippen MR) is 81.2 cm³/mol. The number of carbonyl (C=O) groups excluding carboxylic acids is 1. The molecule has 0 saturated carbocycles. The summed E-state index contributed by atoms with van der Waals surface area (Å²) in [6.45, 7) is 6.28. The molecule has 1 rings (SSSR count).